The first-order valence-corrected chi connectivity index (χ1v) is 8.53. The first-order valence-electron chi connectivity index (χ1n) is 8.53. The first-order chi connectivity index (χ1) is 13.7. The van der Waals surface area contributed by atoms with Crippen LogP contribution in [0, 0.1) is 17.1 Å². The molecule has 0 spiro atoms. The smallest absolute Gasteiger partial charge is 0.283 e. The van der Waals surface area contributed by atoms with Crippen LogP contribution in [0.5, 0.6) is 0 Å². The Hall–Kier alpha value is -3.61. The van der Waals surface area contributed by atoms with Crippen molar-refractivity contribution in [1.82, 2.24) is 4.98 Å². The number of nitrogens with zero attached hydrogens (tertiary/aromatic N) is 3. The lowest BCUT2D eigenvalue weighted by atomic mass is 9.84. The number of anilines is 1. The average molecular weight is 403 g/mol. The van der Waals surface area contributed by atoms with Crippen LogP contribution in [0.4, 0.5) is 18.9 Å². The number of pyridine rings is 1. The van der Waals surface area contributed by atoms with Crippen LogP contribution in [0.3, 0.4) is 0 Å². The molecule has 0 saturated heterocycles. The number of hydrogen-bond donors (Lipinski definition) is 2. The van der Waals surface area contributed by atoms with E-state index < -0.39 is 41.4 Å². The number of nitrogens with one attached hydrogen (secondary N) is 1. The number of carbonyl (C=O) groups is 1. The van der Waals surface area contributed by atoms with E-state index in [1.54, 1.807) is 0 Å². The van der Waals surface area contributed by atoms with Gasteiger partial charge in [0.2, 0.25) is 0 Å². The number of rotatable bonds is 4. The van der Waals surface area contributed by atoms with Crippen LogP contribution in [0.2, 0.25) is 0 Å². The number of hydrogen-bond acceptors (Lipinski definition) is 6. The highest BCUT2D eigenvalue weighted by Crippen LogP contribution is 2.42. The minimum absolute atomic E-state index is 0.000372. The van der Waals surface area contributed by atoms with Crippen molar-refractivity contribution in [3.05, 3.63) is 59.2 Å². The SMILES string of the molecule is C[C@H]1C[C@@](c2cc(NC(=O)c3ccc(C#N)cn3)ccc2F)(C(F)F)N=C(N)O1. The average Bonchev–Trinajstić information content (AvgIpc) is 2.68. The van der Waals surface area contributed by atoms with Gasteiger partial charge in [-0.25, -0.2) is 23.1 Å². The summed E-state index contributed by atoms with van der Waals surface area (Å²) in [5, 5.41) is 11.2. The molecule has 2 atom stereocenters. The molecule has 7 nitrogen and oxygen atoms in total. The summed E-state index contributed by atoms with van der Waals surface area (Å²) in [6, 6.07) is 7.45. The lowest BCUT2D eigenvalue weighted by Gasteiger charge is -2.36. The lowest BCUT2D eigenvalue weighted by molar-refractivity contribution is 0.00527. The van der Waals surface area contributed by atoms with Gasteiger partial charge in [0.25, 0.3) is 18.4 Å². The summed E-state index contributed by atoms with van der Waals surface area (Å²) >= 11 is 0. The summed E-state index contributed by atoms with van der Waals surface area (Å²) in [7, 11) is 0. The molecule has 3 rings (SSSR count). The van der Waals surface area contributed by atoms with E-state index in [-0.39, 0.29) is 23.4 Å². The van der Waals surface area contributed by atoms with E-state index in [1.807, 2.05) is 6.07 Å². The number of aliphatic imine (C=N–C) groups is 1. The Morgan fingerprint density at radius 2 is 2.17 bits per heavy atom. The largest absolute Gasteiger partial charge is 0.462 e. The topological polar surface area (TPSA) is 113 Å². The van der Waals surface area contributed by atoms with Gasteiger partial charge in [-0.3, -0.25) is 4.79 Å². The molecule has 2 heterocycles. The molecule has 0 fully saturated rings. The lowest BCUT2D eigenvalue weighted by Crippen LogP contribution is -2.44. The van der Waals surface area contributed by atoms with Gasteiger partial charge in [0.15, 0.2) is 5.54 Å². The minimum Gasteiger partial charge on any atom is -0.462 e. The van der Waals surface area contributed by atoms with E-state index in [9.17, 15) is 18.0 Å². The second kappa shape index (κ2) is 7.79. The van der Waals surface area contributed by atoms with Crippen molar-refractivity contribution >= 4 is 17.6 Å². The Balaban J connectivity index is 1.96. The molecule has 0 radical (unpaired) electrons. The summed E-state index contributed by atoms with van der Waals surface area (Å²) in [5.41, 5.74) is 3.22. The van der Waals surface area contributed by atoms with Gasteiger partial charge in [-0.05, 0) is 37.3 Å². The Kier molecular flexibility index (Phi) is 5.41. The molecule has 1 amide bonds. The normalized spacial score (nSPS) is 21.1. The third-order valence-electron chi connectivity index (χ3n) is 4.41. The number of benzene rings is 1. The van der Waals surface area contributed by atoms with E-state index in [2.05, 4.69) is 15.3 Å². The van der Waals surface area contributed by atoms with Crippen molar-refractivity contribution in [2.75, 3.05) is 5.32 Å². The molecule has 1 aliphatic rings. The van der Waals surface area contributed by atoms with Crippen LogP contribution >= 0.6 is 0 Å². The Bertz CT molecular complexity index is 1000. The van der Waals surface area contributed by atoms with E-state index in [0.717, 1.165) is 12.1 Å². The number of halogens is 3. The highest BCUT2D eigenvalue weighted by atomic mass is 19.3. The predicted octanol–water partition coefficient (Wildman–Crippen LogP) is 2.93. The molecule has 0 unspecified atom stereocenters. The summed E-state index contributed by atoms with van der Waals surface area (Å²) in [6.45, 7) is 1.53. The zero-order valence-electron chi connectivity index (χ0n) is 15.2. The quantitative estimate of drug-likeness (QED) is 0.815. The summed E-state index contributed by atoms with van der Waals surface area (Å²) in [5.74, 6) is -1.56. The van der Waals surface area contributed by atoms with Crippen LogP contribution < -0.4 is 11.1 Å². The van der Waals surface area contributed by atoms with E-state index in [4.69, 9.17) is 15.7 Å². The second-order valence-corrected chi connectivity index (χ2v) is 6.50. The fourth-order valence-corrected chi connectivity index (χ4v) is 3.10. The predicted molar refractivity (Wildman–Crippen MR) is 97.8 cm³/mol. The van der Waals surface area contributed by atoms with Gasteiger partial charge in [0, 0.05) is 23.9 Å². The van der Waals surface area contributed by atoms with Crippen LogP contribution in [-0.2, 0) is 10.3 Å². The Morgan fingerprint density at radius 3 is 2.76 bits per heavy atom. The van der Waals surface area contributed by atoms with Crippen LogP contribution in [0.15, 0.2) is 41.5 Å². The van der Waals surface area contributed by atoms with Gasteiger partial charge < -0.3 is 15.8 Å². The fraction of sp³-hybridized carbons (Fsp3) is 0.263. The molecule has 29 heavy (non-hydrogen) atoms. The third kappa shape index (κ3) is 3.99. The van der Waals surface area contributed by atoms with Crippen molar-refractivity contribution in [2.24, 2.45) is 10.7 Å². The monoisotopic (exact) mass is 403 g/mol. The van der Waals surface area contributed by atoms with E-state index in [1.165, 1.54) is 31.3 Å². The van der Waals surface area contributed by atoms with Crippen LogP contribution in [-0.4, -0.2) is 29.4 Å². The number of alkyl halides is 2. The van der Waals surface area contributed by atoms with Crippen molar-refractivity contribution < 1.29 is 22.7 Å². The van der Waals surface area contributed by atoms with Crippen molar-refractivity contribution in [2.45, 2.75) is 31.4 Å². The number of nitriles is 1. The van der Waals surface area contributed by atoms with Gasteiger partial charge in [-0.2, -0.15) is 5.26 Å². The number of nitrogens with two attached hydrogens (primary N) is 1. The van der Waals surface area contributed by atoms with Crippen molar-refractivity contribution in [3.63, 3.8) is 0 Å². The zero-order chi connectivity index (χ0) is 21.2. The summed E-state index contributed by atoms with van der Waals surface area (Å²) in [4.78, 5) is 19.9. The van der Waals surface area contributed by atoms with Crippen LogP contribution in [0.25, 0.3) is 0 Å². The maximum atomic E-state index is 14.5. The van der Waals surface area contributed by atoms with Crippen LogP contribution in [0.1, 0.15) is 35.0 Å². The molecule has 1 aromatic carbocycles. The van der Waals surface area contributed by atoms with Crippen molar-refractivity contribution in [1.29, 1.82) is 5.26 Å². The highest BCUT2D eigenvalue weighted by Gasteiger charge is 2.48. The van der Waals surface area contributed by atoms with Gasteiger partial charge in [-0.15, -0.1) is 0 Å². The molecule has 10 heteroatoms. The molecular formula is C19H16F3N5O2. The highest BCUT2D eigenvalue weighted by molar-refractivity contribution is 6.02. The number of aromatic nitrogens is 1. The number of amides is 1. The standard InChI is InChI=1S/C19H16F3N5O2/c1-10-7-19(17(21)22,27-18(24)29-10)13-6-12(3-4-14(13)20)26-16(28)15-5-2-11(8-23)9-25-15/h2-6,9-10,17H,7H2,1H3,(H2,24,27)(H,26,28)/t10-,19+/m0/s1. The molecule has 1 aromatic heterocycles. The second-order valence-electron chi connectivity index (χ2n) is 6.50. The molecule has 0 bridgehead atoms. The van der Waals surface area contributed by atoms with Gasteiger partial charge in [0.05, 0.1) is 5.56 Å². The third-order valence-corrected chi connectivity index (χ3v) is 4.41. The van der Waals surface area contributed by atoms with Gasteiger partial charge in [-0.1, -0.05) is 0 Å². The summed E-state index contributed by atoms with van der Waals surface area (Å²) in [6.07, 6.45) is -2.84. The zero-order valence-corrected chi connectivity index (χ0v) is 15.2. The molecule has 1 aliphatic heterocycles. The molecule has 3 N–H and O–H groups in total. The molecule has 0 saturated carbocycles. The molecule has 150 valence electrons. The number of ether oxygens (including phenoxy) is 1. The Morgan fingerprint density at radius 1 is 1.41 bits per heavy atom. The molecule has 0 aliphatic carbocycles. The molecule has 2 aromatic rings. The minimum atomic E-state index is -3.06. The number of amidine groups is 1. The Labute approximate surface area is 164 Å². The van der Waals surface area contributed by atoms with Gasteiger partial charge >= 0.3 is 0 Å². The van der Waals surface area contributed by atoms with E-state index in [0.29, 0.717) is 0 Å². The summed E-state index contributed by atoms with van der Waals surface area (Å²) < 4.78 is 47.6. The maximum absolute atomic E-state index is 14.5. The fourth-order valence-electron chi connectivity index (χ4n) is 3.10. The van der Waals surface area contributed by atoms with Gasteiger partial charge in [0.1, 0.15) is 23.7 Å². The van der Waals surface area contributed by atoms with E-state index >= 15 is 0 Å². The number of carbonyl (C=O) groups excluding carboxylic acids is 1. The maximum Gasteiger partial charge on any atom is 0.283 e. The first kappa shape index (κ1) is 20.1. The molecular weight excluding hydrogens is 387 g/mol. The van der Waals surface area contributed by atoms with Crippen molar-refractivity contribution in [3.8, 4) is 6.07 Å².